The van der Waals surface area contributed by atoms with Gasteiger partial charge in [-0.2, -0.15) is 0 Å². The Kier molecular flexibility index (Phi) is 20.5. The third-order valence-corrected chi connectivity index (χ3v) is 11.0. The maximum Gasteiger partial charge on any atom is 0.326 e. The predicted octanol–water partition coefficient (Wildman–Crippen LogP) is -1.19. The van der Waals surface area contributed by atoms with Crippen LogP contribution in [-0.2, 0) is 56.0 Å². The van der Waals surface area contributed by atoms with Gasteiger partial charge in [-0.25, -0.2) is 9.78 Å². The Morgan fingerprint density at radius 3 is 1.74 bits per heavy atom. The molecule has 0 saturated carbocycles. The number of aromatic amines is 2. The molecule has 0 bridgehead atoms. The lowest BCUT2D eigenvalue weighted by atomic mass is 9.95. The predicted molar refractivity (Wildman–Crippen MR) is 231 cm³/mol. The molecule has 2 heterocycles. The highest BCUT2D eigenvalue weighted by atomic mass is 16.4. The van der Waals surface area contributed by atoms with E-state index in [4.69, 9.17) is 10.8 Å². The van der Waals surface area contributed by atoms with Crippen molar-refractivity contribution in [1.82, 2.24) is 46.9 Å². The SMILES string of the molecule is CCC(C)C(NC(=O)C(NC(=O)C(CO)NC(=O)C(Cc1cnc[nH]1)NC(=O)C(Cc1c[nH]c2ccccc12)NC(=O)C(CCC(=O)O)NC(=O)C(N)CCC(=O)O)C(C)CC)C(=O)O. The number of H-pyrrole nitrogens is 2. The zero-order chi connectivity index (χ0) is 48.4. The van der Waals surface area contributed by atoms with Crippen molar-refractivity contribution in [3.8, 4) is 0 Å². The average Bonchev–Trinajstić information content (AvgIpc) is 3.95. The molecular formula is C42H60N10O13. The largest absolute Gasteiger partial charge is 0.481 e. The van der Waals surface area contributed by atoms with Crippen LogP contribution in [-0.4, -0.2) is 138 Å². The molecule has 23 heteroatoms. The molecule has 3 rings (SSSR count). The van der Waals surface area contributed by atoms with Crippen LogP contribution < -0.4 is 37.6 Å². The number of amides is 6. The highest BCUT2D eigenvalue weighted by Gasteiger charge is 2.36. The second-order valence-electron chi connectivity index (χ2n) is 15.8. The van der Waals surface area contributed by atoms with E-state index in [1.165, 1.54) is 12.5 Å². The van der Waals surface area contributed by atoms with Crippen LogP contribution in [0.25, 0.3) is 10.9 Å². The first-order valence-electron chi connectivity index (χ1n) is 21.2. The summed E-state index contributed by atoms with van der Waals surface area (Å²) >= 11 is 0. The monoisotopic (exact) mass is 912 g/mol. The number of fused-ring (bicyclic) bond motifs is 1. The summed E-state index contributed by atoms with van der Waals surface area (Å²) in [4.78, 5) is 127. The minimum absolute atomic E-state index is 0.210. The molecule has 14 N–H and O–H groups in total. The Labute approximate surface area is 373 Å². The number of carboxylic acids is 3. The van der Waals surface area contributed by atoms with Gasteiger partial charge in [0.25, 0.3) is 0 Å². The quantitative estimate of drug-likeness (QED) is 0.0407. The fraction of sp³-hybridized carbons (Fsp3) is 0.524. The highest BCUT2D eigenvalue weighted by Crippen LogP contribution is 2.20. The van der Waals surface area contributed by atoms with Crippen LogP contribution in [0.3, 0.4) is 0 Å². The van der Waals surface area contributed by atoms with Gasteiger partial charge < -0.3 is 68.0 Å². The lowest BCUT2D eigenvalue weighted by Crippen LogP contribution is -2.61. The molecule has 2 aromatic heterocycles. The summed E-state index contributed by atoms with van der Waals surface area (Å²) in [5.41, 5.74) is 7.41. The molecule has 0 saturated heterocycles. The number of hydrogen-bond acceptors (Lipinski definition) is 12. The van der Waals surface area contributed by atoms with Gasteiger partial charge in [-0.15, -0.1) is 0 Å². The van der Waals surface area contributed by atoms with Crippen molar-refractivity contribution >= 4 is 64.3 Å². The summed E-state index contributed by atoms with van der Waals surface area (Å²) in [6.07, 6.45) is 2.80. The van der Waals surface area contributed by atoms with Gasteiger partial charge in [-0.1, -0.05) is 58.7 Å². The Balaban J connectivity index is 1.94. The van der Waals surface area contributed by atoms with Gasteiger partial charge in [0, 0.05) is 54.7 Å². The third kappa shape index (κ3) is 16.0. The number of aliphatic carboxylic acids is 3. The Hall–Kier alpha value is -6.88. The number of nitrogens with one attached hydrogen (secondary N) is 8. The molecule has 6 amide bonds. The summed E-state index contributed by atoms with van der Waals surface area (Å²) < 4.78 is 0. The molecule has 0 spiro atoms. The van der Waals surface area contributed by atoms with Crippen molar-refractivity contribution in [3.63, 3.8) is 0 Å². The summed E-state index contributed by atoms with van der Waals surface area (Å²) in [6.45, 7) is 5.83. The summed E-state index contributed by atoms with van der Waals surface area (Å²) in [5.74, 6) is -10.5. The third-order valence-electron chi connectivity index (χ3n) is 11.0. The van der Waals surface area contributed by atoms with E-state index in [0.717, 1.165) is 0 Å². The Bertz CT molecular complexity index is 2130. The second-order valence-corrected chi connectivity index (χ2v) is 15.8. The lowest BCUT2D eigenvalue weighted by molar-refractivity contribution is -0.144. The number of imidazole rings is 1. The average molecular weight is 913 g/mol. The molecule has 0 aliphatic heterocycles. The number of aliphatic hydroxyl groups excluding tert-OH is 1. The van der Waals surface area contributed by atoms with Gasteiger partial charge in [0.05, 0.1) is 19.0 Å². The number of carbonyl (C=O) groups is 9. The van der Waals surface area contributed by atoms with Crippen molar-refractivity contribution < 1.29 is 63.6 Å². The van der Waals surface area contributed by atoms with Crippen LogP contribution in [0.5, 0.6) is 0 Å². The topological polar surface area (TPSA) is 377 Å². The van der Waals surface area contributed by atoms with E-state index in [2.05, 4.69) is 46.9 Å². The summed E-state index contributed by atoms with van der Waals surface area (Å²) in [7, 11) is 0. The smallest absolute Gasteiger partial charge is 0.326 e. The normalized spacial score (nSPS) is 15.4. The maximum absolute atomic E-state index is 14.4. The van der Waals surface area contributed by atoms with Gasteiger partial charge in [0.1, 0.15) is 36.3 Å². The van der Waals surface area contributed by atoms with E-state index in [1.54, 1.807) is 58.2 Å². The van der Waals surface area contributed by atoms with Crippen LogP contribution >= 0.6 is 0 Å². The summed E-state index contributed by atoms with van der Waals surface area (Å²) in [5, 5.41) is 54.0. The zero-order valence-electron chi connectivity index (χ0n) is 36.6. The van der Waals surface area contributed by atoms with Crippen LogP contribution in [0, 0.1) is 11.8 Å². The first-order chi connectivity index (χ1) is 30.8. The van der Waals surface area contributed by atoms with E-state index in [0.29, 0.717) is 35.0 Å². The number of nitrogens with zero attached hydrogens (tertiary/aromatic N) is 1. The number of benzene rings is 1. The molecule has 1 aromatic carbocycles. The molecule has 23 nitrogen and oxygen atoms in total. The molecule has 9 atom stereocenters. The number of aromatic nitrogens is 3. The summed E-state index contributed by atoms with van der Waals surface area (Å²) in [6, 6.07) is -3.16. The molecule has 9 unspecified atom stereocenters. The van der Waals surface area contributed by atoms with Crippen molar-refractivity contribution in [3.05, 3.63) is 54.2 Å². The van der Waals surface area contributed by atoms with Crippen molar-refractivity contribution in [2.75, 3.05) is 6.61 Å². The van der Waals surface area contributed by atoms with Gasteiger partial charge in [-0.05, 0) is 36.3 Å². The number of carbonyl (C=O) groups excluding carboxylic acids is 6. The van der Waals surface area contributed by atoms with Gasteiger partial charge >= 0.3 is 17.9 Å². The number of aliphatic hydroxyl groups is 1. The van der Waals surface area contributed by atoms with E-state index in [9.17, 15) is 58.5 Å². The zero-order valence-corrected chi connectivity index (χ0v) is 36.6. The van der Waals surface area contributed by atoms with Gasteiger partial charge in [0.15, 0.2) is 0 Å². The number of rotatable bonds is 28. The Morgan fingerprint density at radius 2 is 1.17 bits per heavy atom. The van der Waals surface area contributed by atoms with Crippen molar-refractivity contribution in [1.29, 1.82) is 0 Å². The fourth-order valence-electron chi connectivity index (χ4n) is 6.67. The molecule has 0 aliphatic carbocycles. The van der Waals surface area contributed by atoms with Crippen molar-refractivity contribution in [2.24, 2.45) is 17.6 Å². The first kappa shape index (κ1) is 52.5. The van der Waals surface area contributed by atoms with Crippen LogP contribution in [0.4, 0.5) is 0 Å². The first-order valence-corrected chi connectivity index (χ1v) is 21.2. The van der Waals surface area contributed by atoms with Crippen LogP contribution in [0.1, 0.15) is 77.5 Å². The minimum atomic E-state index is -1.69. The molecular weight excluding hydrogens is 853 g/mol. The second kappa shape index (κ2) is 25.4. The van der Waals surface area contributed by atoms with Gasteiger partial charge in [0.2, 0.25) is 35.4 Å². The number of para-hydroxylation sites is 1. The van der Waals surface area contributed by atoms with E-state index in [-0.39, 0.29) is 19.3 Å². The fourth-order valence-corrected chi connectivity index (χ4v) is 6.67. The standard InChI is InChI=1S/C42H60N10O13/c1-5-21(3)34(41(63)52-35(42(64)65)22(4)6-2)51-40(62)31(19-53)50-39(61)30(16-24-18-44-20-46-24)49-38(60)29(15-23-17-45-27-10-8-7-9-25(23)27)48-37(59)28(12-14-33(56)57)47-36(58)26(43)11-13-32(54)55/h7-10,17-18,20-22,26,28-31,34-35,45,53H,5-6,11-16,19,43H2,1-4H3,(H,44,46)(H,47,58)(H,48,59)(H,49,60)(H,50,61)(H,51,62)(H,52,63)(H,54,55)(H,56,57)(H,64,65). The lowest BCUT2D eigenvalue weighted by Gasteiger charge is -2.29. The van der Waals surface area contributed by atoms with Crippen LogP contribution in [0.2, 0.25) is 0 Å². The number of hydrogen-bond donors (Lipinski definition) is 13. The van der Waals surface area contributed by atoms with E-state index in [1.807, 2.05) is 0 Å². The van der Waals surface area contributed by atoms with Crippen LogP contribution in [0.15, 0.2) is 43.0 Å². The Morgan fingerprint density at radius 1 is 0.646 bits per heavy atom. The van der Waals surface area contributed by atoms with E-state index < -0.39 is 133 Å². The number of carboxylic acid groups (broad SMARTS) is 3. The highest BCUT2D eigenvalue weighted by molar-refractivity contribution is 5.98. The molecule has 0 fully saturated rings. The molecule has 0 radical (unpaired) electrons. The van der Waals surface area contributed by atoms with E-state index >= 15 is 0 Å². The minimum Gasteiger partial charge on any atom is -0.481 e. The molecule has 65 heavy (non-hydrogen) atoms. The van der Waals surface area contributed by atoms with Crippen molar-refractivity contribution in [2.45, 2.75) is 121 Å². The maximum atomic E-state index is 14.4. The molecule has 3 aromatic rings. The molecule has 0 aliphatic rings. The molecule has 356 valence electrons. The van der Waals surface area contributed by atoms with Gasteiger partial charge in [-0.3, -0.25) is 38.4 Å². The number of nitrogens with two attached hydrogens (primary N) is 1.